The molecule has 4 aliphatic rings. The first-order chi connectivity index (χ1) is 10.8. The highest BCUT2D eigenvalue weighted by Gasteiger charge is 2.63. The summed E-state index contributed by atoms with van der Waals surface area (Å²) < 4.78 is 0. The normalized spacial score (nSPS) is 48.7. The molecule has 0 aromatic heterocycles. The third-order valence-electron chi connectivity index (χ3n) is 7.32. The molecular formula is C20H24O3. The number of carbonyl (C=O) groups excluding carboxylic acids is 3. The fourth-order valence-corrected chi connectivity index (χ4v) is 6.13. The van der Waals surface area contributed by atoms with Crippen LogP contribution in [-0.2, 0) is 14.4 Å². The molecule has 0 saturated heterocycles. The Bertz CT molecular complexity index is 685. The van der Waals surface area contributed by atoms with Gasteiger partial charge in [0.15, 0.2) is 5.78 Å². The highest BCUT2D eigenvalue weighted by Crippen LogP contribution is 2.63. The topological polar surface area (TPSA) is 51.2 Å². The van der Waals surface area contributed by atoms with Crippen LogP contribution in [0.1, 0.15) is 46.5 Å². The third kappa shape index (κ3) is 1.79. The van der Waals surface area contributed by atoms with Crippen molar-refractivity contribution >= 4 is 17.3 Å². The summed E-state index contributed by atoms with van der Waals surface area (Å²) in [6.45, 7) is 6.33. The summed E-state index contributed by atoms with van der Waals surface area (Å²) in [7, 11) is 0. The van der Waals surface area contributed by atoms with E-state index in [-0.39, 0.29) is 34.6 Å². The number of fused-ring (bicyclic) bond motifs is 5. The van der Waals surface area contributed by atoms with Crippen molar-refractivity contribution in [3.05, 3.63) is 23.8 Å². The molecule has 3 heteroatoms. The van der Waals surface area contributed by atoms with E-state index in [0.29, 0.717) is 24.7 Å². The summed E-state index contributed by atoms with van der Waals surface area (Å²) in [5.74, 6) is 1.38. The van der Waals surface area contributed by atoms with Crippen molar-refractivity contribution in [1.82, 2.24) is 0 Å². The van der Waals surface area contributed by atoms with Crippen molar-refractivity contribution in [2.45, 2.75) is 46.5 Å². The Morgan fingerprint density at radius 1 is 1.17 bits per heavy atom. The maximum atomic E-state index is 13.1. The van der Waals surface area contributed by atoms with Crippen LogP contribution in [-0.4, -0.2) is 17.3 Å². The van der Waals surface area contributed by atoms with Gasteiger partial charge in [0.05, 0.1) is 0 Å². The lowest BCUT2D eigenvalue weighted by Crippen LogP contribution is -2.56. The predicted molar refractivity (Wildman–Crippen MR) is 86.6 cm³/mol. The molecule has 0 N–H and O–H groups in total. The zero-order valence-electron chi connectivity index (χ0n) is 14.1. The van der Waals surface area contributed by atoms with Crippen molar-refractivity contribution in [2.75, 3.05) is 0 Å². The van der Waals surface area contributed by atoms with Gasteiger partial charge < -0.3 is 0 Å². The van der Waals surface area contributed by atoms with Crippen molar-refractivity contribution in [3.8, 4) is 0 Å². The molecule has 0 aromatic rings. The minimum absolute atomic E-state index is 0.0345. The van der Waals surface area contributed by atoms with Gasteiger partial charge in [-0.3, -0.25) is 14.4 Å². The van der Waals surface area contributed by atoms with Crippen LogP contribution in [0.2, 0.25) is 0 Å². The second-order valence-electron chi connectivity index (χ2n) is 8.55. The molecule has 3 nitrogen and oxygen atoms in total. The molecule has 0 aromatic carbocycles. The molecule has 5 unspecified atom stereocenters. The fraction of sp³-hybridized carbons (Fsp3) is 0.650. The Morgan fingerprint density at radius 2 is 1.91 bits per heavy atom. The monoisotopic (exact) mass is 312 g/mol. The van der Waals surface area contributed by atoms with Gasteiger partial charge in [-0.05, 0) is 42.7 Å². The Labute approximate surface area is 137 Å². The minimum Gasteiger partial charge on any atom is -0.299 e. The Hall–Kier alpha value is -1.51. The van der Waals surface area contributed by atoms with Crippen LogP contribution in [0.15, 0.2) is 23.8 Å². The SMILES string of the molecule is C[C@@H]1CC2=CC(=O)C=CC2(C)C2C(=O)CC3(C)C(=O)CCC3C21. The highest BCUT2D eigenvalue weighted by atomic mass is 16.1. The third-order valence-corrected chi connectivity index (χ3v) is 7.32. The zero-order chi connectivity index (χ0) is 16.6. The van der Waals surface area contributed by atoms with Gasteiger partial charge in [0.1, 0.15) is 11.6 Å². The number of rotatable bonds is 0. The van der Waals surface area contributed by atoms with E-state index >= 15 is 0 Å². The number of allylic oxidation sites excluding steroid dienone is 4. The summed E-state index contributed by atoms with van der Waals surface area (Å²) in [5.41, 5.74) is 0.327. The molecule has 6 atom stereocenters. The van der Waals surface area contributed by atoms with Gasteiger partial charge in [-0.1, -0.05) is 32.4 Å². The van der Waals surface area contributed by atoms with Crippen molar-refractivity contribution in [3.63, 3.8) is 0 Å². The van der Waals surface area contributed by atoms with Gasteiger partial charge in [-0.2, -0.15) is 0 Å². The number of hydrogen-bond donors (Lipinski definition) is 0. The molecule has 122 valence electrons. The Morgan fingerprint density at radius 3 is 2.65 bits per heavy atom. The van der Waals surface area contributed by atoms with E-state index in [9.17, 15) is 14.4 Å². The van der Waals surface area contributed by atoms with E-state index in [1.54, 1.807) is 12.2 Å². The molecule has 4 rings (SSSR count). The van der Waals surface area contributed by atoms with E-state index in [1.807, 2.05) is 13.0 Å². The lowest BCUT2D eigenvalue weighted by atomic mass is 9.46. The van der Waals surface area contributed by atoms with Crippen LogP contribution < -0.4 is 0 Å². The molecule has 4 aliphatic carbocycles. The van der Waals surface area contributed by atoms with Crippen LogP contribution >= 0.6 is 0 Å². The average molecular weight is 312 g/mol. The smallest absolute Gasteiger partial charge is 0.178 e. The van der Waals surface area contributed by atoms with Gasteiger partial charge in [0, 0.05) is 29.6 Å². The van der Waals surface area contributed by atoms with Gasteiger partial charge in [-0.15, -0.1) is 0 Å². The molecule has 0 radical (unpaired) electrons. The largest absolute Gasteiger partial charge is 0.299 e. The second-order valence-corrected chi connectivity index (χ2v) is 8.55. The van der Waals surface area contributed by atoms with Crippen LogP contribution in [0.4, 0.5) is 0 Å². The van der Waals surface area contributed by atoms with E-state index in [0.717, 1.165) is 18.4 Å². The zero-order valence-corrected chi connectivity index (χ0v) is 14.1. The molecule has 0 heterocycles. The summed E-state index contributed by atoms with van der Waals surface area (Å²) >= 11 is 0. The van der Waals surface area contributed by atoms with Crippen LogP contribution in [0, 0.1) is 34.5 Å². The molecule has 3 saturated carbocycles. The first-order valence-corrected chi connectivity index (χ1v) is 8.77. The minimum atomic E-state index is -0.446. The summed E-state index contributed by atoms with van der Waals surface area (Å²) in [6, 6.07) is 0. The van der Waals surface area contributed by atoms with E-state index in [2.05, 4.69) is 13.8 Å². The van der Waals surface area contributed by atoms with E-state index < -0.39 is 5.41 Å². The second kappa shape index (κ2) is 4.52. The number of hydrogen-bond acceptors (Lipinski definition) is 3. The summed E-state index contributed by atoms with van der Waals surface area (Å²) in [6.07, 6.45) is 8.12. The lowest BCUT2D eigenvalue weighted by molar-refractivity contribution is -0.150. The van der Waals surface area contributed by atoms with E-state index in [4.69, 9.17) is 0 Å². The van der Waals surface area contributed by atoms with Crippen LogP contribution in [0.3, 0.4) is 0 Å². The number of ketones is 3. The van der Waals surface area contributed by atoms with Crippen molar-refractivity contribution in [2.24, 2.45) is 34.5 Å². The summed E-state index contributed by atoms with van der Waals surface area (Å²) in [5, 5.41) is 0. The molecule has 0 spiro atoms. The summed E-state index contributed by atoms with van der Waals surface area (Å²) in [4.78, 5) is 37.3. The van der Waals surface area contributed by atoms with Crippen molar-refractivity contribution < 1.29 is 14.4 Å². The molecular weight excluding hydrogens is 288 g/mol. The number of carbonyl (C=O) groups is 3. The average Bonchev–Trinajstić information content (AvgIpc) is 2.76. The lowest BCUT2D eigenvalue weighted by Gasteiger charge is -2.56. The molecule has 0 aliphatic heterocycles. The van der Waals surface area contributed by atoms with Crippen molar-refractivity contribution in [1.29, 1.82) is 0 Å². The van der Waals surface area contributed by atoms with Gasteiger partial charge in [-0.25, -0.2) is 0 Å². The van der Waals surface area contributed by atoms with Gasteiger partial charge >= 0.3 is 0 Å². The first kappa shape index (κ1) is 15.0. The van der Waals surface area contributed by atoms with E-state index in [1.165, 1.54) is 0 Å². The molecule has 0 amide bonds. The Kier molecular flexibility index (Phi) is 2.96. The first-order valence-electron chi connectivity index (χ1n) is 8.77. The maximum Gasteiger partial charge on any atom is 0.178 e. The predicted octanol–water partition coefficient (Wildman–Crippen LogP) is 3.29. The van der Waals surface area contributed by atoms with Gasteiger partial charge in [0.25, 0.3) is 0 Å². The standard InChI is InChI=1S/C20H24O3/c1-11-8-12-9-13(21)6-7-19(12,2)18-15(22)10-20(3)14(17(11)18)4-5-16(20)23/h6-7,9,11,14,17-18H,4-5,8,10H2,1-3H3/t11-,14?,17?,18?,19?,20?/m1/s1. The van der Waals surface area contributed by atoms with Crippen LogP contribution in [0.5, 0.6) is 0 Å². The molecule has 23 heavy (non-hydrogen) atoms. The maximum absolute atomic E-state index is 13.1. The highest BCUT2D eigenvalue weighted by molar-refractivity contribution is 6.02. The molecule has 3 fully saturated rings. The number of Topliss-reactive ketones (excluding diaryl/α,β-unsaturated/α-hetero) is 2. The van der Waals surface area contributed by atoms with Gasteiger partial charge in [0.2, 0.25) is 0 Å². The Balaban J connectivity index is 1.83. The molecule has 0 bridgehead atoms. The fourth-order valence-electron chi connectivity index (χ4n) is 6.13. The van der Waals surface area contributed by atoms with Crippen LogP contribution in [0.25, 0.3) is 0 Å². The quantitative estimate of drug-likeness (QED) is 0.689.